The molecule has 0 radical (unpaired) electrons. The second-order valence-corrected chi connectivity index (χ2v) is 5.21. The normalized spacial score (nSPS) is 10.1. The summed E-state index contributed by atoms with van der Waals surface area (Å²) in [6.07, 6.45) is 0. The first-order chi connectivity index (χ1) is 9.51. The van der Waals surface area contributed by atoms with Gasteiger partial charge in [0.25, 0.3) is 5.91 Å². The average molecular weight is 291 g/mol. The predicted molar refractivity (Wildman–Crippen MR) is 77.0 cm³/mol. The molecule has 0 unspecified atom stereocenters. The number of thiophene rings is 1. The maximum atomic E-state index is 12.1. The van der Waals surface area contributed by atoms with Crippen LogP contribution in [-0.2, 0) is 0 Å². The van der Waals surface area contributed by atoms with Crippen molar-refractivity contribution in [3.8, 4) is 5.75 Å². The van der Waals surface area contributed by atoms with Crippen LogP contribution in [0.4, 0.5) is 5.69 Å². The summed E-state index contributed by atoms with van der Waals surface area (Å²) in [5.41, 5.74) is 1.54. The van der Waals surface area contributed by atoms with Crippen LogP contribution < -0.4 is 10.1 Å². The molecule has 0 spiro atoms. The van der Waals surface area contributed by atoms with E-state index in [-0.39, 0.29) is 10.8 Å². The number of hydrogen-bond donors (Lipinski definition) is 2. The van der Waals surface area contributed by atoms with Gasteiger partial charge in [-0.05, 0) is 36.8 Å². The Morgan fingerprint density at radius 1 is 1.20 bits per heavy atom. The van der Waals surface area contributed by atoms with Crippen molar-refractivity contribution in [1.82, 2.24) is 0 Å². The molecule has 0 bridgehead atoms. The van der Waals surface area contributed by atoms with Gasteiger partial charge in [-0.15, -0.1) is 11.3 Å². The number of ether oxygens (including phenoxy) is 1. The number of nitrogens with one attached hydrogen (secondary N) is 1. The number of hydrogen-bond acceptors (Lipinski definition) is 4. The van der Waals surface area contributed by atoms with Crippen LogP contribution in [0.15, 0.2) is 30.3 Å². The first-order valence-electron chi connectivity index (χ1n) is 5.80. The number of aromatic carboxylic acids is 1. The molecule has 0 fully saturated rings. The lowest BCUT2D eigenvalue weighted by Crippen LogP contribution is -2.11. The summed E-state index contributed by atoms with van der Waals surface area (Å²) < 4.78 is 5.18. The summed E-state index contributed by atoms with van der Waals surface area (Å²) in [6, 6.07) is 8.34. The van der Waals surface area contributed by atoms with E-state index in [9.17, 15) is 9.59 Å². The van der Waals surface area contributed by atoms with Crippen LogP contribution in [0.25, 0.3) is 0 Å². The second kappa shape index (κ2) is 5.75. The zero-order valence-corrected chi connectivity index (χ0v) is 11.8. The Bertz CT molecular complexity index is 663. The summed E-state index contributed by atoms with van der Waals surface area (Å²) >= 11 is 0.934. The number of anilines is 1. The highest BCUT2D eigenvalue weighted by Crippen LogP contribution is 2.26. The molecule has 0 aliphatic heterocycles. The fraction of sp³-hybridized carbons (Fsp3) is 0.143. The summed E-state index contributed by atoms with van der Waals surface area (Å²) in [7, 11) is 1.52. The lowest BCUT2D eigenvalue weighted by atomic mass is 10.2. The Hall–Kier alpha value is -2.34. The molecule has 2 rings (SSSR count). The number of amides is 1. The van der Waals surface area contributed by atoms with Gasteiger partial charge in [0.15, 0.2) is 0 Å². The van der Waals surface area contributed by atoms with E-state index in [2.05, 4.69) is 5.32 Å². The highest BCUT2D eigenvalue weighted by molar-refractivity contribution is 7.15. The number of carboxylic acids is 1. The molecule has 6 heteroatoms. The van der Waals surface area contributed by atoms with E-state index in [1.807, 2.05) is 13.0 Å². The highest BCUT2D eigenvalue weighted by atomic mass is 32.1. The minimum atomic E-state index is -1.04. The molecule has 1 aromatic carbocycles. The predicted octanol–water partition coefficient (Wildman–Crippen LogP) is 3.02. The fourth-order valence-electron chi connectivity index (χ4n) is 1.68. The Kier molecular flexibility index (Phi) is 4.05. The van der Waals surface area contributed by atoms with Crippen molar-refractivity contribution < 1.29 is 19.4 Å². The van der Waals surface area contributed by atoms with Crippen LogP contribution in [0.5, 0.6) is 5.75 Å². The van der Waals surface area contributed by atoms with Crippen molar-refractivity contribution in [1.29, 1.82) is 0 Å². The highest BCUT2D eigenvalue weighted by Gasteiger charge is 2.14. The largest absolute Gasteiger partial charge is 0.495 e. The van der Waals surface area contributed by atoms with Crippen LogP contribution in [0.1, 0.15) is 24.9 Å². The van der Waals surface area contributed by atoms with Crippen LogP contribution in [0.2, 0.25) is 0 Å². The third-order valence-corrected chi connectivity index (χ3v) is 3.72. The second-order valence-electron chi connectivity index (χ2n) is 4.13. The molecule has 0 saturated heterocycles. The lowest BCUT2D eigenvalue weighted by Gasteiger charge is -2.10. The Morgan fingerprint density at radius 2 is 1.90 bits per heavy atom. The first kappa shape index (κ1) is 14.1. The molecular formula is C14H13NO4S. The van der Waals surface area contributed by atoms with Gasteiger partial charge in [0.1, 0.15) is 10.6 Å². The Balaban J connectivity index is 2.22. The van der Waals surface area contributed by atoms with E-state index in [4.69, 9.17) is 9.84 Å². The van der Waals surface area contributed by atoms with Gasteiger partial charge < -0.3 is 15.2 Å². The number of rotatable bonds is 4. The van der Waals surface area contributed by atoms with Crippen molar-refractivity contribution in [2.45, 2.75) is 6.92 Å². The number of carbonyl (C=O) groups excluding carboxylic acids is 1. The number of carbonyl (C=O) groups is 2. The molecule has 1 amide bonds. The smallest absolute Gasteiger partial charge is 0.345 e. The molecule has 104 valence electrons. The molecule has 1 aromatic heterocycles. The van der Waals surface area contributed by atoms with E-state index in [1.54, 1.807) is 12.1 Å². The quantitative estimate of drug-likeness (QED) is 0.908. The third-order valence-electron chi connectivity index (χ3n) is 2.64. The van der Waals surface area contributed by atoms with E-state index >= 15 is 0 Å². The molecule has 2 aromatic rings. The maximum absolute atomic E-state index is 12.1. The van der Waals surface area contributed by atoms with Crippen LogP contribution in [-0.4, -0.2) is 24.1 Å². The van der Waals surface area contributed by atoms with Gasteiger partial charge in [0.05, 0.1) is 17.7 Å². The minimum Gasteiger partial charge on any atom is -0.495 e. The van der Waals surface area contributed by atoms with Crippen LogP contribution >= 0.6 is 11.3 Å². The van der Waals surface area contributed by atoms with Crippen molar-refractivity contribution in [3.63, 3.8) is 0 Å². The number of methoxy groups -OCH3 is 1. The first-order valence-corrected chi connectivity index (χ1v) is 6.62. The summed E-state index contributed by atoms with van der Waals surface area (Å²) in [5, 5.41) is 11.6. The van der Waals surface area contributed by atoms with Crippen LogP contribution in [0.3, 0.4) is 0 Å². The zero-order chi connectivity index (χ0) is 14.7. The van der Waals surface area contributed by atoms with Gasteiger partial charge in [0, 0.05) is 0 Å². The lowest BCUT2D eigenvalue weighted by molar-refractivity contribution is 0.0702. The SMILES string of the molecule is COc1ccc(C)cc1NC(=O)c1ccc(C(=O)O)s1. The van der Waals surface area contributed by atoms with Gasteiger partial charge >= 0.3 is 5.97 Å². The zero-order valence-electron chi connectivity index (χ0n) is 11.0. The third kappa shape index (κ3) is 2.97. The van der Waals surface area contributed by atoms with E-state index in [1.165, 1.54) is 19.2 Å². The number of benzene rings is 1. The molecular weight excluding hydrogens is 278 g/mol. The average Bonchev–Trinajstić information content (AvgIpc) is 2.89. The van der Waals surface area contributed by atoms with E-state index in [0.717, 1.165) is 16.9 Å². The molecule has 0 aliphatic carbocycles. The molecule has 2 N–H and O–H groups in total. The van der Waals surface area contributed by atoms with E-state index < -0.39 is 5.97 Å². The van der Waals surface area contributed by atoms with Gasteiger partial charge in [0.2, 0.25) is 0 Å². The molecule has 0 aliphatic rings. The minimum absolute atomic E-state index is 0.131. The molecule has 0 atom stereocenters. The van der Waals surface area contributed by atoms with Crippen molar-refractivity contribution in [2.75, 3.05) is 12.4 Å². The standard InChI is InChI=1S/C14H13NO4S/c1-8-3-4-10(19-2)9(7-8)15-13(16)11-5-6-12(20-11)14(17)18/h3-7H,1-2H3,(H,15,16)(H,17,18). The fourth-order valence-corrected chi connectivity index (χ4v) is 2.42. The van der Waals surface area contributed by atoms with Crippen LogP contribution in [0, 0.1) is 6.92 Å². The molecule has 5 nitrogen and oxygen atoms in total. The van der Waals surface area contributed by atoms with Gasteiger partial charge in [-0.2, -0.15) is 0 Å². The van der Waals surface area contributed by atoms with Crippen molar-refractivity contribution in [3.05, 3.63) is 45.6 Å². The molecule has 20 heavy (non-hydrogen) atoms. The molecule has 1 heterocycles. The monoisotopic (exact) mass is 291 g/mol. The van der Waals surface area contributed by atoms with Gasteiger partial charge in [-0.3, -0.25) is 4.79 Å². The Morgan fingerprint density at radius 3 is 2.50 bits per heavy atom. The summed E-state index contributed by atoms with van der Waals surface area (Å²) in [4.78, 5) is 23.3. The summed E-state index contributed by atoms with van der Waals surface area (Å²) in [5.74, 6) is -0.840. The number of carboxylic acid groups (broad SMARTS) is 1. The Labute approximate surface area is 119 Å². The van der Waals surface area contributed by atoms with Gasteiger partial charge in [-0.25, -0.2) is 4.79 Å². The van der Waals surface area contributed by atoms with Crippen molar-refractivity contribution in [2.24, 2.45) is 0 Å². The summed E-state index contributed by atoms with van der Waals surface area (Å²) in [6.45, 7) is 1.91. The number of aryl methyl sites for hydroxylation is 1. The van der Waals surface area contributed by atoms with E-state index in [0.29, 0.717) is 16.3 Å². The van der Waals surface area contributed by atoms with Gasteiger partial charge in [-0.1, -0.05) is 6.07 Å². The molecule has 0 saturated carbocycles. The topological polar surface area (TPSA) is 75.6 Å². The maximum Gasteiger partial charge on any atom is 0.345 e. The van der Waals surface area contributed by atoms with Crippen molar-refractivity contribution >= 4 is 28.9 Å².